The Labute approximate surface area is 111 Å². The molecule has 4 nitrogen and oxygen atoms in total. The van der Waals surface area contributed by atoms with Crippen LogP contribution in [0.2, 0.25) is 0 Å². The largest absolute Gasteiger partial charge is 0.319 e. The standard InChI is InChI=1S/C14H28N4/c1-11(2)9-18-13(16-10-17-18)7-12(8-15-6)14(3,4)5/h10-12,15H,7-9H2,1-6H3. The molecule has 18 heavy (non-hydrogen) atoms. The van der Waals surface area contributed by atoms with E-state index in [0.717, 1.165) is 25.3 Å². The Morgan fingerprint density at radius 3 is 2.50 bits per heavy atom. The Morgan fingerprint density at radius 1 is 1.33 bits per heavy atom. The van der Waals surface area contributed by atoms with E-state index in [1.807, 2.05) is 7.05 Å². The summed E-state index contributed by atoms with van der Waals surface area (Å²) in [7, 11) is 2.01. The van der Waals surface area contributed by atoms with Gasteiger partial charge in [0.1, 0.15) is 12.2 Å². The highest BCUT2D eigenvalue weighted by molar-refractivity contribution is 4.91. The summed E-state index contributed by atoms with van der Waals surface area (Å²) in [6.45, 7) is 13.2. The first kappa shape index (κ1) is 15.2. The van der Waals surface area contributed by atoms with Gasteiger partial charge in [0.25, 0.3) is 0 Å². The molecule has 0 aromatic carbocycles. The fourth-order valence-corrected chi connectivity index (χ4v) is 2.10. The molecule has 0 spiro atoms. The van der Waals surface area contributed by atoms with Crippen molar-refractivity contribution in [2.45, 2.75) is 47.6 Å². The van der Waals surface area contributed by atoms with Gasteiger partial charge in [0, 0.05) is 13.0 Å². The molecule has 0 saturated carbocycles. The van der Waals surface area contributed by atoms with Gasteiger partial charge in [-0.25, -0.2) is 9.67 Å². The van der Waals surface area contributed by atoms with Gasteiger partial charge >= 0.3 is 0 Å². The van der Waals surface area contributed by atoms with E-state index in [2.05, 4.69) is 54.7 Å². The van der Waals surface area contributed by atoms with E-state index >= 15 is 0 Å². The number of rotatable bonds is 6. The van der Waals surface area contributed by atoms with E-state index < -0.39 is 0 Å². The molecule has 0 aliphatic rings. The molecule has 1 aromatic rings. The van der Waals surface area contributed by atoms with Crippen LogP contribution >= 0.6 is 0 Å². The number of hydrogen-bond donors (Lipinski definition) is 1. The summed E-state index contributed by atoms with van der Waals surface area (Å²) in [5.74, 6) is 2.28. The third-order valence-corrected chi connectivity index (χ3v) is 3.34. The maximum absolute atomic E-state index is 4.43. The summed E-state index contributed by atoms with van der Waals surface area (Å²) in [5, 5.41) is 7.63. The van der Waals surface area contributed by atoms with Crippen molar-refractivity contribution in [3.8, 4) is 0 Å². The van der Waals surface area contributed by atoms with Gasteiger partial charge < -0.3 is 5.32 Å². The van der Waals surface area contributed by atoms with Crippen LogP contribution in [0.1, 0.15) is 40.4 Å². The molecular formula is C14H28N4. The molecule has 0 radical (unpaired) electrons. The van der Waals surface area contributed by atoms with Gasteiger partial charge in [-0.1, -0.05) is 34.6 Å². The first-order chi connectivity index (χ1) is 8.34. The molecule has 1 unspecified atom stereocenters. The van der Waals surface area contributed by atoms with Gasteiger partial charge in [0.05, 0.1) is 0 Å². The third kappa shape index (κ3) is 4.41. The van der Waals surface area contributed by atoms with Gasteiger partial charge in [-0.15, -0.1) is 0 Å². The predicted octanol–water partition coefficient (Wildman–Crippen LogP) is 2.36. The van der Waals surface area contributed by atoms with Crippen LogP contribution in [-0.2, 0) is 13.0 Å². The van der Waals surface area contributed by atoms with Gasteiger partial charge in [0.2, 0.25) is 0 Å². The molecule has 0 amide bonds. The molecule has 0 saturated heterocycles. The molecule has 1 N–H and O–H groups in total. The molecular weight excluding hydrogens is 224 g/mol. The van der Waals surface area contributed by atoms with Crippen molar-refractivity contribution in [1.82, 2.24) is 20.1 Å². The first-order valence-electron chi connectivity index (χ1n) is 6.86. The van der Waals surface area contributed by atoms with Gasteiger partial charge in [-0.05, 0) is 30.8 Å². The second kappa shape index (κ2) is 6.32. The Morgan fingerprint density at radius 2 is 2.00 bits per heavy atom. The summed E-state index contributed by atoms with van der Waals surface area (Å²) in [6, 6.07) is 0. The predicted molar refractivity (Wildman–Crippen MR) is 75.4 cm³/mol. The fourth-order valence-electron chi connectivity index (χ4n) is 2.10. The van der Waals surface area contributed by atoms with Crippen molar-refractivity contribution in [2.24, 2.45) is 17.3 Å². The Hall–Kier alpha value is -0.900. The average Bonchev–Trinajstić information content (AvgIpc) is 2.62. The fraction of sp³-hybridized carbons (Fsp3) is 0.857. The van der Waals surface area contributed by atoms with Crippen molar-refractivity contribution in [3.63, 3.8) is 0 Å². The highest BCUT2D eigenvalue weighted by Crippen LogP contribution is 2.28. The van der Waals surface area contributed by atoms with Crippen molar-refractivity contribution in [2.75, 3.05) is 13.6 Å². The van der Waals surface area contributed by atoms with Crippen LogP contribution in [-0.4, -0.2) is 28.4 Å². The monoisotopic (exact) mass is 252 g/mol. The van der Waals surface area contributed by atoms with Crippen LogP contribution < -0.4 is 5.32 Å². The van der Waals surface area contributed by atoms with Crippen LogP contribution in [0.15, 0.2) is 6.33 Å². The van der Waals surface area contributed by atoms with E-state index in [-0.39, 0.29) is 5.41 Å². The normalized spacial score (nSPS) is 14.2. The Balaban J connectivity index is 2.78. The minimum atomic E-state index is 0.275. The molecule has 104 valence electrons. The van der Waals surface area contributed by atoms with E-state index in [1.165, 1.54) is 0 Å². The highest BCUT2D eigenvalue weighted by atomic mass is 15.3. The van der Waals surface area contributed by atoms with E-state index in [9.17, 15) is 0 Å². The lowest BCUT2D eigenvalue weighted by molar-refractivity contribution is 0.228. The van der Waals surface area contributed by atoms with Crippen LogP contribution in [0, 0.1) is 17.3 Å². The van der Waals surface area contributed by atoms with Crippen molar-refractivity contribution in [1.29, 1.82) is 0 Å². The minimum absolute atomic E-state index is 0.275. The van der Waals surface area contributed by atoms with Crippen molar-refractivity contribution >= 4 is 0 Å². The third-order valence-electron chi connectivity index (χ3n) is 3.34. The SMILES string of the molecule is CNCC(Cc1ncnn1CC(C)C)C(C)(C)C. The minimum Gasteiger partial charge on any atom is -0.319 e. The van der Waals surface area contributed by atoms with Crippen molar-refractivity contribution < 1.29 is 0 Å². The van der Waals surface area contributed by atoms with Crippen LogP contribution in [0.4, 0.5) is 0 Å². The zero-order chi connectivity index (χ0) is 13.8. The summed E-state index contributed by atoms with van der Waals surface area (Å²) >= 11 is 0. The average molecular weight is 252 g/mol. The van der Waals surface area contributed by atoms with Crippen molar-refractivity contribution in [3.05, 3.63) is 12.2 Å². The Bertz CT molecular complexity index is 349. The topological polar surface area (TPSA) is 42.7 Å². The number of nitrogens with one attached hydrogen (secondary N) is 1. The van der Waals surface area contributed by atoms with Crippen LogP contribution in [0.25, 0.3) is 0 Å². The quantitative estimate of drug-likeness (QED) is 0.845. The number of hydrogen-bond acceptors (Lipinski definition) is 3. The number of nitrogens with zero attached hydrogens (tertiary/aromatic N) is 3. The maximum Gasteiger partial charge on any atom is 0.138 e. The Kier molecular flexibility index (Phi) is 5.32. The molecule has 0 fully saturated rings. The molecule has 4 heteroatoms. The summed E-state index contributed by atoms with van der Waals surface area (Å²) in [4.78, 5) is 4.43. The lowest BCUT2D eigenvalue weighted by Gasteiger charge is -2.30. The molecule has 1 rings (SSSR count). The summed E-state index contributed by atoms with van der Waals surface area (Å²) < 4.78 is 2.05. The smallest absolute Gasteiger partial charge is 0.138 e. The number of aromatic nitrogens is 3. The summed E-state index contributed by atoms with van der Waals surface area (Å²) in [5.41, 5.74) is 0.275. The van der Waals surface area contributed by atoms with E-state index in [1.54, 1.807) is 6.33 Å². The second-order valence-electron chi connectivity index (χ2n) is 6.58. The van der Waals surface area contributed by atoms with Gasteiger partial charge in [-0.3, -0.25) is 0 Å². The molecule has 1 atom stereocenters. The highest BCUT2D eigenvalue weighted by Gasteiger charge is 2.26. The lowest BCUT2D eigenvalue weighted by Crippen LogP contribution is -2.32. The zero-order valence-electron chi connectivity index (χ0n) is 12.7. The van der Waals surface area contributed by atoms with Gasteiger partial charge in [0.15, 0.2) is 0 Å². The zero-order valence-corrected chi connectivity index (χ0v) is 12.7. The molecule has 0 bridgehead atoms. The molecule has 1 aromatic heterocycles. The van der Waals surface area contributed by atoms with E-state index in [4.69, 9.17) is 0 Å². The van der Waals surface area contributed by atoms with E-state index in [0.29, 0.717) is 11.8 Å². The maximum atomic E-state index is 4.43. The summed E-state index contributed by atoms with van der Waals surface area (Å²) in [6.07, 6.45) is 2.66. The first-order valence-corrected chi connectivity index (χ1v) is 6.86. The molecule has 0 aliphatic carbocycles. The molecule has 1 heterocycles. The second-order valence-corrected chi connectivity index (χ2v) is 6.58. The van der Waals surface area contributed by atoms with Gasteiger partial charge in [-0.2, -0.15) is 5.10 Å². The lowest BCUT2D eigenvalue weighted by atomic mass is 9.78. The molecule has 0 aliphatic heterocycles. The van der Waals surface area contributed by atoms with Crippen LogP contribution in [0.3, 0.4) is 0 Å². The van der Waals surface area contributed by atoms with Crippen LogP contribution in [0.5, 0.6) is 0 Å².